The van der Waals surface area contributed by atoms with Crippen molar-refractivity contribution in [2.75, 3.05) is 0 Å². The summed E-state index contributed by atoms with van der Waals surface area (Å²) in [6.45, 7) is 8.54. The summed E-state index contributed by atoms with van der Waals surface area (Å²) in [7, 11) is -1.41. The molecular weight excluding hydrogens is 249 g/mol. The van der Waals surface area contributed by atoms with Gasteiger partial charge in [0.05, 0.1) is 0 Å². The third kappa shape index (κ3) is 2.45. The van der Waals surface area contributed by atoms with Crippen LogP contribution in [0.25, 0.3) is 0 Å². The first kappa shape index (κ1) is 12.4. The highest BCUT2D eigenvalue weighted by molar-refractivity contribution is 7.27. The zero-order valence-corrected chi connectivity index (χ0v) is 12.9. The Hall–Kier alpha value is 0.294. The van der Waals surface area contributed by atoms with Crippen LogP contribution in [-0.4, -0.2) is 19.3 Å². The van der Waals surface area contributed by atoms with E-state index in [0.29, 0.717) is 0 Å². The van der Waals surface area contributed by atoms with Gasteiger partial charge in [-0.05, 0) is 12.1 Å². The molecule has 0 saturated carbocycles. The van der Waals surface area contributed by atoms with Crippen molar-refractivity contribution in [2.45, 2.75) is 26.2 Å². The van der Waals surface area contributed by atoms with Gasteiger partial charge >= 0.3 is 0 Å². The van der Waals surface area contributed by atoms with Crippen molar-refractivity contribution >= 4 is 47.6 Å². The average molecular weight is 266 g/mol. The van der Waals surface area contributed by atoms with Crippen LogP contribution in [0.2, 0.25) is 26.2 Å². The van der Waals surface area contributed by atoms with Crippen LogP contribution in [0.15, 0.2) is 12.1 Å². The highest BCUT2D eigenvalue weighted by Gasteiger charge is 2.29. The largest absolute Gasteiger partial charge is 0.356 e. The normalized spacial score (nSPS) is 13.4. The number of halogens is 2. The molecule has 0 atom stereocenters. The summed E-state index contributed by atoms with van der Waals surface area (Å²) in [6, 6.07) is 4.26. The Balaban J connectivity index is 3.23. The van der Waals surface area contributed by atoms with Crippen molar-refractivity contribution in [3.8, 4) is 0 Å². The van der Waals surface area contributed by atoms with Gasteiger partial charge in [0, 0.05) is 17.7 Å². The SMILES string of the molecule is Cn1c([Si](C)(C)Cl)ccc1[Si](C)(C)Cl. The van der Waals surface area contributed by atoms with Gasteiger partial charge in [-0.3, -0.25) is 0 Å². The highest BCUT2D eigenvalue weighted by atomic mass is 35.6. The lowest BCUT2D eigenvalue weighted by Crippen LogP contribution is -2.47. The van der Waals surface area contributed by atoms with Crippen molar-refractivity contribution in [3.05, 3.63) is 12.1 Å². The van der Waals surface area contributed by atoms with Crippen LogP contribution in [0, 0.1) is 0 Å². The molecule has 1 aromatic rings. The van der Waals surface area contributed by atoms with E-state index in [4.69, 9.17) is 22.2 Å². The fourth-order valence-electron chi connectivity index (χ4n) is 1.71. The fraction of sp³-hybridized carbons (Fsp3) is 0.556. The third-order valence-corrected chi connectivity index (χ3v) is 6.94. The lowest BCUT2D eigenvalue weighted by molar-refractivity contribution is 0.982. The molecule has 1 rings (SSSR count). The standard InChI is InChI=1S/C9H17Cl2NSi2/c1-12-8(13(2,3)10)6-7-9(12)14(4,5)11/h6-7H,1-5H3. The van der Waals surface area contributed by atoms with E-state index in [2.05, 4.69) is 49.9 Å². The van der Waals surface area contributed by atoms with Gasteiger partial charge in [-0.1, -0.05) is 26.2 Å². The van der Waals surface area contributed by atoms with Crippen LogP contribution in [0.5, 0.6) is 0 Å². The summed E-state index contributed by atoms with van der Waals surface area (Å²) >= 11 is 12.8. The topological polar surface area (TPSA) is 4.93 Å². The second-order valence-electron chi connectivity index (χ2n) is 4.61. The molecule has 1 nitrogen and oxygen atoms in total. The molecule has 0 N–H and O–H groups in total. The first-order valence-corrected chi connectivity index (χ1v) is 12.7. The lowest BCUT2D eigenvalue weighted by Gasteiger charge is -2.19. The van der Waals surface area contributed by atoms with Crippen molar-refractivity contribution in [1.29, 1.82) is 0 Å². The molecule has 0 bridgehead atoms. The second kappa shape index (κ2) is 3.70. The van der Waals surface area contributed by atoms with Gasteiger partial charge in [0.1, 0.15) is 0 Å². The molecule has 0 unspecified atom stereocenters. The van der Waals surface area contributed by atoms with E-state index in [9.17, 15) is 0 Å². The minimum Gasteiger partial charge on any atom is -0.356 e. The zero-order chi connectivity index (χ0) is 11.1. The molecule has 0 aliphatic rings. The van der Waals surface area contributed by atoms with Gasteiger partial charge in [0.2, 0.25) is 0 Å². The number of hydrogen-bond donors (Lipinski definition) is 0. The molecule has 0 radical (unpaired) electrons. The first-order chi connectivity index (χ1) is 6.14. The van der Waals surface area contributed by atoms with Gasteiger partial charge in [0.25, 0.3) is 0 Å². The zero-order valence-electron chi connectivity index (χ0n) is 9.36. The number of rotatable bonds is 2. The van der Waals surface area contributed by atoms with Crippen LogP contribution < -0.4 is 10.6 Å². The van der Waals surface area contributed by atoms with E-state index < -0.39 is 14.8 Å². The van der Waals surface area contributed by atoms with Crippen LogP contribution in [0.4, 0.5) is 0 Å². The van der Waals surface area contributed by atoms with E-state index in [1.807, 2.05) is 0 Å². The van der Waals surface area contributed by atoms with Crippen molar-refractivity contribution < 1.29 is 0 Å². The summed E-state index contributed by atoms with van der Waals surface area (Å²) in [6.07, 6.45) is 0. The van der Waals surface area contributed by atoms with Gasteiger partial charge < -0.3 is 4.57 Å². The molecule has 0 aliphatic heterocycles. The van der Waals surface area contributed by atoms with Gasteiger partial charge in [-0.2, -0.15) is 22.2 Å². The Kier molecular flexibility index (Phi) is 3.27. The summed E-state index contributed by atoms with van der Waals surface area (Å²) in [4.78, 5) is 0. The maximum atomic E-state index is 6.42. The minimum absolute atomic E-state index is 1.26. The van der Waals surface area contributed by atoms with Crippen molar-refractivity contribution in [3.63, 3.8) is 0 Å². The predicted molar refractivity (Wildman–Crippen MR) is 71.4 cm³/mol. The third-order valence-electron chi connectivity index (χ3n) is 2.34. The molecule has 0 spiro atoms. The van der Waals surface area contributed by atoms with E-state index in [0.717, 1.165) is 0 Å². The van der Waals surface area contributed by atoms with Crippen LogP contribution in [0.1, 0.15) is 0 Å². The van der Waals surface area contributed by atoms with E-state index >= 15 is 0 Å². The number of hydrogen-bond acceptors (Lipinski definition) is 0. The van der Waals surface area contributed by atoms with E-state index in [1.165, 1.54) is 10.6 Å². The predicted octanol–water partition coefficient (Wildman–Crippen LogP) is 2.33. The smallest absolute Gasteiger partial charge is 0.199 e. The molecule has 14 heavy (non-hydrogen) atoms. The molecule has 1 aromatic heterocycles. The molecule has 0 amide bonds. The monoisotopic (exact) mass is 265 g/mol. The molecule has 0 aromatic carbocycles. The highest BCUT2D eigenvalue weighted by Crippen LogP contribution is 2.11. The van der Waals surface area contributed by atoms with Crippen LogP contribution in [0.3, 0.4) is 0 Å². The Bertz CT molecular complexity index is 302. The number of nitrogens with zero attached hydrogens (tertiary/aromatic N) is 1. The molecule has 0 fully saturated rings. The van der Waals surface area contributed by atoms with Gasteiger partial charge in [-0.15, -0.1) is 0 Å². The first-order valence-electron chi connectivity index (χ1n) is 4.68. The maximum Gasteiger partial charge on any atom is 0.199 e. The van der Waals surface area contributed by atoms with Crippen LogP contribution >= 0.6 is 22.2 Å². The quantitative estimate of drug-likeness (QED) is 0.572. The maximum absolute atomic E-state index is 6.42. The van der Waals surface area contributed by atoms with E-state index in [-0.39, 0.29) is 0 Å². The summed E-state index contributed by atoms with van der Waals surface area (Å²) in [5.41, 5.74) is 0. The van der Waals surface area contributed by atoms with E-state index in [1.54, 1.807) is 0 Å². The number of aromatic nitrogens is 1. The molecular formula is C9H17Cl2NSi2. The molecule has 0 aliphatic carbocycles. The summed E-state index contributed by atoms with van der Waals surface area (Å²) in [5.74, 6) is 0. The Morgan fingerprint density at radius 2 is 1.21 bits per heavy atom. The fourth-order valence-corrected chi connectivity index (χ4v) is 5.75. The lowest BCUT2D eigenvalue weighted by atomic mass is 10.7. The molecule has 1 heterocycles. The molecule has 5 heteroatoms. The molecule has 0 saturated heterocycles. The second-order valence-corrected chi connectivity index (χ2v) is 17.2. The van der Waals surface area contributed by atoms with Crippen LogP contribution in [-0.2, 0) is 7.05 Å². The Morgan fingerprint density at radius 3 is 1.36 bits per heavy atom. The van der Waals surface area contributed by atoms with Crippen molar-refractivity contribution in [2.24, 2.45) is 7.05 Å². The van der Waals surface area contributed by atoms with Gasteiger partial charge in [0.15, 0.2) is 14.8 Å². The van der Waals surface area contributed by atoms with Gasteiger partial charge in [-0.25, -0.2) is 0 Å². The average Bonchev–Trinajstić information content (AvgIpc) is 2.26. The molecule has 80 valence electrons. The minimum atomic E-state index is -1.74. The summed E-state index contributed by atoms with van der Waals surface area (Å²) in [5, 5.41) is 2.52. The Morgan fingerprint density at radius 1 is 0.929 bits per heavy atom. The summed E-state index contributed by atoms with van der Waals surface area (Å²) < 4.78 is 2.19. The Labute approximate surface area is 97.5 Å². The van der Waals surface area contributed by atoms with Crippen molar-refractivity contribution in [1.82, 2.24) is 4.57 Å².